The van der Waals surface area contributed by atoms with Gasteiger partial charge < -0.3 is 10.5 Å². The van der Waals surface area contributed by atoms with E-state index in [0.29, 0.717) is 18.0 Å². The maximum Gasteiger partial charge on any atom is 0.0630 e. The fourth-order valence-electron chi connectivity index (χ4n) is 2.32. The van der Waals surface area contributed by atoms with Gasteiger partial charge in [0.1, 0.15) is 0 Å². The first-order valence-corrected chi connectivity index (χ1v) is 6.02. The normalized spacial score (nSPS) is 24.8. The minimum Gasteiger partial charge on any atom is -0.383 e. The van der Waals surface area contributed by atoms with Crippen LogP contribution in [-0.4, -0.2) is 44.3 Å². The van der Waals surface area contributed by atoms with Crippen LogP contribution >= 0.6 is 0 Å². The molecule has 1 unspecified atom stereocenters. The Morgan fingerprint density at radius 3 is 2.67 bits per heavy atom. The molecule has 90 valence electrons. The number of ether oxygens (including phenoxy) is 1. The van der Waals surface area contributed by atoms with Crippen molar-refractivity contribution in [3.8, 4) is 0 Å². The number of methoxy groups -OCH3 is 1. The van der Waals surface area contributed by atoms with Crippen LogP contribution in [0, 0.1) is 5.41 Å². The quantitative estimate of drug-likeness (QED) is 0.770. The number of likely N-dealkylation sites (tertiary alicyclic amines) is 1. The van der Waals surface area contributed by atoms with Crippen LogP contribution in [0.2, 0.25) is 0 Å². The van der Waals surface area contributed by atoms with Crippen molar-refractivity contribution < 1.29 is 4.74 Å². The summed E-state index contributed by atoms with van der Waals surface area (Å²) in [5.74, 6) is 0. The Morgan fingerprint density at radius 1 is 1.33 bits per heavy atom. The first-order valence-electron chi connectivity index (χ1n) is 6.02. The summed E-state index contributed by atoms with van der Waals surface area (Å²) in [6.07, 6.45) is 3.88. The van der Waals surface area contributed by atoms with Crippen molar-refractivity contribution in [2.75, 3.05) is 33.4 Å². The van der Waals surface area contributed by atoms with Crippen LogP contribution in [-0.2, 0) is 4.74 Å². The van der Waals surface area contributed by atoms with Gasteiger partial charge in [-0.05, 0) is 37.8 Å². The molecule has 0 saturated carbocycles. The van der Waals surface area contributed by atoms with E-state index in [-0.39, 0.29) is 0 Å². The molecule has 1 saturated heterocycles. The van der Waals surface area contributed by atoms with Crippen molar-refractivity contribution in [3.63, 3.8) is 0 Å². The van der Waals surface area contributed by atoms with Gasteiger partial charge in [-0.15, -0.1) is 0 Å². The van der Waals surface area contributed by atoms with Crippen molar-refractivity contribution in [2.24, 2.45) is 11.1 Å². The van der Waals surface area contributed by atoms with Crippen LogP contribution in [0.4, 0.5) is 0 Å². The number of nitrogens with zero attached hydrogens (tertiary/aromatic N) is 1. The van der Waals surface area contributed by atoms with E-state index in [2.05, 4.69) is 18.7 Å². The summed E-state index contributed by atoms with van der Waals surface area (Å²) in [5.41, 5.74) is 6.29. The fourth-order valence-corrected chi connectivity index (χ4v) is 2.32. The first kappa shape index (κ1) is 12.9. The predicted molar refractivity (Wildman–Crippen MR) is 63.9 cm³/mol. The first-order chi connectivity index (χ1) is 7.09. The lowest BCUT2D eigenvalue weighted by atomic mass is 9.85. The summed E-state index contributed by atoms with van der Waals surface area (Å²) >= 11 is 0. The van der Waals surface area contributed by atoms with Crippen LogP contribution in [0.3, 0.4) is 0 Å². The van der Waals surface area contributed by atoms with E-state index >= 15 is 0 Å². The maximum atomic E-state index is 5.79. The molecular formula is C12H26N2O. The number of nitrogens with two attached hydrogens (primary N) is 1. The highest BCUT2D eigenvalue weighted by Gasteiger charge is 2.26. The van der Waals surface area contributed by atoms with E-state index in [9.17, 15) is 0 Å². The average molecular weight is 214 g/mol. The zero-order valence-corrected chi connectivity index (χ0v) is 10.5. The van der Waals surface area contributed by atoms with Crippen LogP contribution in [0.5, 0.6) is 0 Å². The summed E-state index contributed by atoms with van der Waals surface area (Å²) in [6.45, 7) is 8.53. The van der Waals surface area contributed by atoms with Gasteiger partial charge in [0.2, 0.25) is 0 Å². The Labute approximate surface area is 94.0 Å². The van der Waals surface area contributed by atoms with Crippen molar-refractivity contribution in [3.05, 3.63) is 0 Å². The Hall–Kier alpha value is -0.120. The maximum absolute atomic E-state index is 5.79. The zero-order chi connectivity index (χ0) is 11.3. The highest BCUT2D eigenvalue weighted by Crippen LogP contribution is 2.30. The Balaban J connectivity index is 2.48. The van der Waals surface area contributed by atoms with E-state index in [4.69, 9.17) is 10.5 Å². The molecule has 0 spiro atoms. The number of hydrogen-bond acceptors (Lipinski definition) is 3. The van der Waals surface area contributed by atoms with E-state index in [1.807, 2.05) is 0 Å². The highest BCUT2D eigenvalue weighted by molar-refractivity contribution is 4.80. The molecule has 0 aromatic carbocycles. The van der Waals surface area contributed by atoms with Gasteiger partial charge >= 0.3 is 0 Å². The average Bonchev–Trinajstić information content (AvgIpc) is 2.36. The molecule has 15 heavy (non-hydrogen) atoms. The summed E-state index contributed by atoms with van der Waals surface area (Å²) in [5, 5.41) is 0. The largest absolute Gasteiger partial charge is 0.383 e. The van der Waals surface area contributed by atoms with Gasteiger partial charge in [0.05, 0.1) is 6.61 Å². The molecule has 0 amide bonds. The standard InChI is InChI=1S/C12H26N2O/c1-12(2)5-4-7-14(8-6-12)11(9-13)10-15-3/h11H,4-10,13H2,1-3H3. The Morgan fingerprint density at radius 2 is 2.07 bits per heavy atom. The molecule has 1 atom stereocenters. The highest BCUT2D eigenvalue weighted by atomic mass is 16.5. The zero-order valence-electron chi connectivity index (χ0n) is 10.5. The van der Waals surface area contributed by atoms with Crippen molar-refractivity contribution in [2.45, 2.75) is 39.2 Å². The van der Waals surface area contributed by atoms with Crippen molar-refractivity contribution in [1.29, 1.82) is 0 Å². The Bertz CT molecular complexity index is 182. The number of rotatable bonds is 4. The van der Waals surface area contributed by atoms with Crippen LogP contribution in [0.15, 0.2) is 0 Å². The van der Waals surface area contributed by atoms with Crippen molar-refractivity contribution in [1.82, 2.24) is 4.90 Å². The summed E-state index contributed by atoms with van der Waals surface area (Å²) in [6, 6.07) is 0.406. The van der Waals surface area contributed by atoms with E-state index in [1.165, 1.54) is 25.8 Å². The van der Waals surface area contributed by atoms with Gasteiger partial charge in [-0.1, -0.05) is 13.8 Å². The fraction of sp³-hybridized carbons (Fsp3) is 1.00. The van der Waals surface area contributed by atoms with Crippen molar-refractivity contribution >= 4 is 0 Å². The topological polar surface area (TPSA) is 38.5 Å². The lowest BCUT2D eigenvalue weighted by molar-refractivity contribution is 0.0941. The van der Waals surface area contributed by atoms with Gasteiger partial charge in [-0.25, -0.2) is 0 Å². The monoisotopic (exact) mass is 214 g/mol. The lowest BCUT2D eigenvalue weighted by Crippen LogP contribution is -2.44. The molecule has 1 heterocycles. The molecule has 1 aliphatic rings. The third kappa shape index (κ3) is 4.09. The molecule has 0 aliphatic carbocycles. The minimum atomic E-state index is 0.406. The third-order valence-corrected chi connectivity index (χ3v) is 3.52. The molecule has 0 aromatic rings. The number of hydrogen-bond donors (Lipinski definition) is 1. The van der Waals surface area contributed by atoms with Crippen LogP contribution in [0.1, 0.15) is 33.1 Å². The molecule has 0 radical (unpaired) electrons. The lowest BCUT2D eigenvalue weighted by Gasteiger charge is -2.29. The second kappa shape index (κ2) is 5.83. The van der Waals surface area contributed by atoms with Gasteiger partial charge in [-0.2, -0.15) is 0 Å². The molecule has 1 aliphatic heterocycles. The van der Waals surface area contributed by atoms with E-state index in [0.717, 1.165) is 13.2 Å². The molecule has 3 nitrogen and oxygen atoms in total. The SMILES string of the molecule is COCC(CN)N1CCCC(C)(C)CC1. The van der Waals surface area contributed by atoms with Gasteiger partial charge in [0, 0.05) is 19.7 Å². The molecule has 3 heteroatoms. The summed E-state index contributed by atoms with van der Waals surface area (Å²) < 4.78 is 5.22. The smallest absolute Gasteiger partial charge is 0.0630 e. The second-order valence-corrected chi connectivity index (χ2v) is 5.40. The molecule has 0 aromatic heterocycles. The Kier molecular flexibility index (Phi) is 5.03. The molecule has 0 bridgehead atoms. The molecule has 2 N–H and O–H groups in total. The molecular weight excluding hydrogens is 188 g/mol. The summed E-state index contributed by atoms with van der Waals surface area (Å²) in [4.78, 5) is 2.50. The predicted octanol–water partition coefficient (Wildman–Crippen LogP) is 1.47. The van der Waals surface area contributed by atoms with Crippen LogP contribution < -0.4 is 5.73 Å². The molecule has 1 fully saturated rings. The van der Waals surface area contributed by atoms with E-state index < -0.39 is 0 Å². The summed E-state index contributed by atoms with van der Waals surface area (Å²) in [7, 11) is 1.75. The molecule has 1 rings (SSSR count). The second-order valence-electron chi connectivity index (χ2n) is 5.40. The minimum absolute atomic E-state index is 0.406. The van der Waals surface area contributed by atoms with Gasteiger partial charge in [-0.3, -0.25) is 4.90 Å². The third-order valence-electron chi connectivity index (χ3n) is 3.52. The van der Waals surface area contributed by atoms with E-state index in [1.54, 1.807) is 7.11 Å². The van der Waals surface area contributed by atoms with Gasteiger partial charge in [0.15, 0.2) is 0 Å². The van der Waals surface area contributed by atoms with Gasteiger partial charge in [0.25, 0.3) is 0 Å². The van der Waals surface area contributed by atoms with Crippen LogP contribution in [0.25, 0.3) is 0 Å².